The highest BCUT2D eigenvalue weighted by Gasteiger charge is 2.13. The average Bonchev–Trinajstić information content (AvgIpc) is 2.28. The zero-order chi connectivity index (χ0) is 12.8. The van der Waals surface area contributed by atoms with Crippen LogP contribution in [-0.4, -0.2) is 30.5 Å². The van der Waals surface area contributed by atoms with Gasteiger partial charge in [-0.3, -0.25) is 0 Å². The van der Waals surface area contributed by atoms with Crippen molar-refractivity contribution in [1.82, 2.24) is 0 Å². The molecule has 1 aromatic carbocycles. The monoisotopic (exact) mass is 259 g/mol. The molecule has 0 aromatic heterocycles. The molecule has 0 radical (unpaired) electrons. The summed E-state index contributed by atoms with van der Waals surface area (Å²) in [6.45, 7) is 0.628. The van der Waals surface area contributed by atoms with Gasteiger partial charge >= 0.3 is 5.97 Å². The van der Waals surface area contributed by atoms with E-state index in [0.29, 0.717) is 11.5 Å². The van der Waals surface area contributed by atoms with E-state index < -0.39 is 17.3 Å². The summed E-state index contributed by atoms with van der Waals surface area (Å²) >= 11 is 1.38. The van der Waals surface area contributed by atoms with Crippen molar-refractivity contribution in [1.29, 1.82) is 0 Å². The number of anilines is 1. The molecule has 0 fully saturated rings. The number of hydrogen-bond acceptors (Lipinski definition) is 4. The fourth-order valence-corrected chi connectivity index (χ4v) is 2.14. The molecule has 0 amide bonds. The number of carboxylic acids is 1. The summed E-state index contributed by atoms with van der Waals surface area (Å²) in [5, 5.41) is 8.71. The highest BCUT2D eigenvalue weighted by molar-refractivity contribution is 7.99. The molecule has 4 nitrogen and oxygen atoms in total. The van der Waals surface area contributed by atoms with Crippen molar-refractivity contribution in [2.45, 2.75) is 11.3 Å². The molecule has 0 saturated heterocycles. The standard InChI is InChI=1S/C11H14FNO3S/c1-16-3-2-4-17-10-6-8(12)7(11(14)15)5-9(10)13/h5-6H,2-4,13H2,1H3,(H,14,15). The number of hydrogen-bond donors (Lipinski definition) is 2. The normalized spacial score (nSPS) is 10.5. The van der Waals surface area contributed by atoms with E-state index in [1.54, 1.807) is 7.11 Å². The molecule has 3 N–H and O–H groups in total. The first kappa shape index (κ1) is 13.8. The number of thioether (sulfide) groups is 1. The van der Waals surface area contributed by atoms with E-state index in [1.807, 2.05) is 0 Å². The zero-order valence-electron chi connectivity index (χ0n) is 9.40. The minimum atomic E-state index is -1.31. The van der Waals surface area contributed by atoms with E-state index in [4.69, 9.17) is 15.6 Å². The fraction of sp³-hybridized carbons (Fsp3) is 0.364. The molecule has 0 spiro atoms. The number of carbonyl (C=O) groups is 1. The number of nitrogens with two attached hydrogens (primary N) is 1. The quantitative estimate of drug-likeness (QED) is 0.465. The van der Waals surface area contributed by atoms with Crippen molar-refractivity contribution in [3.63, 3.8) is 0 Å². The molecule has 0 heterocycles. The third-order valence-corrected chi connectivity index (χ3v) is 3.24. The highest BCUT2D eigenvalue weighted by atomic mass is 32.2. The van der Waals surface area contributed by atoms with E-state index in [1.165, 1.54) is 11.8 Å². The maximum Gasteiger partial charge on any atom is 0.338 e. The highest BCUT2D eigenvalue weighted by Crippen LogP contribution is 2.28. The van der Waals surface area contributed by atoms with Crippen LogP contribution in [0.5, 0.6) is 0 Å². The van der Waals surface area contributed by atoms with Crippen molar-refractivity contribution >= 4 is 23.4 Å². The van der Waals surface area contributed by atoms with Gasteiger partial charge in [-0.1, -0.05) is 0 Å². The topological polar surface area (TPSA) is 72.5 Å². The first-order valence-electron chi connectivity index (χ1n) is 5.00. The van der Waals surface area contributed by atoms with Crippen molar-refractivity contribution in [2.75, 3.05) is 25.2 Å². The molecular formula is C11H14FNO3S. The summed E-state index contributed by atoms with van der Waals surface area (Å²) in [7, 11) is 1.61. The Hall–Kier alpha value is -1.27. The Morgan fingerprint density at radius 3 is 2.88 bits per heavy atom. The van der Waals surface area contributed by atoms with Crippen molar-refractivity contribution in [3.05, 3.63) is 23.5 Å². The van der Waals surface area contributed by atoms with Crippen LogP contribution in [0.3, 0.4) is 0 Å². The number of halogens is 1. The van der Waals surface area contributed by atoms with Gasteiger partial charge < -0.3 is 15.6 Å². The van der Waals surface area contributed by atoms with Crippen LogP contribution in [0.15, 0.2) is 17.0 Å². The average molecular weight is 259 g/mol. The van der Waals surface area contributed by atoms with Gasteiger partial charge in [-0.25, -0.2) is 9.18 Å². The molecular weight excluding hydrogens is 245 g/mol. The predicted molar refractivity (Wildman–Crippen MR) is 65.0 cm³/mol. The molecule has 1 aromatic rings. The second-order valence-corrected chi connectivity index (χ2v) is 4.51. The third-order valence-electron chi connectivity index (χ3n) is 2.08. The number of ether oxygens (including phenoxy) is 1. The SMILES string of the molecule is COCCCSc1cc(F)c(C(=O)O)cc1N. The Balaban J connectivity index is 2.74. The van der Waals surface area contributed by atoms with E-state index >= 15 is 0 Å². The Morgan fingerprint density at radius 1 is 1.59 bits per heavy atom. The summed E-state index contributed by atoms with van der Waals surface area (Å²) in [6.07, 6.45) is 0.822. The maximum absolute atomic E-state index is 13.4. The van der Waals surface area contributed by atoms with Crippen LogP contribution in [0.25, 0.3) is 0 Å². The lowest BCUT2D eigenvalue weighted by Gasteiger charge is -2.07. The minimum absolute atomic E-state index is 0.284. The van der Waals surface area contributed by atoms with Gasteiger partial charge in [0.15, 0.2) is 0 Å². The Bertz CT molecular complexity index is 412. The number of benzene rings is 1. The van der Waals surface area contributed by atoms with Gasteiger partial charge in [-0.15, -0.1) is 11.8 Å². The summed E-state index contributed by atoms with van der Waals surface area (Å²) < 4.78 is 18.3. The maximum atomic E-state index is 13.4. The van der Waals surface area contributed by atoms with Gasteiger partial charge in [-0.2, -0.15) is 0 Å². The van der Waals surface area contributed by atoms with E-state index in [-0.39, 0.29) is 5.69 Å². The van der Waals surface area contributed by atoms with Crippen LogP contribution in [0.1, 0.15) is 16.8 Å². The second-order valence-electron chi connectivity index (χ2n) is 3.37. The number of rotatable bonds is 6. The third kappa shape index (κ3) is 3.90. The molecule has 17 heavy (non-hydrogen) atoms. The van der Waals surface area contributed by atoms with E-state index in [2.05, 4.69) is 0 Å². The molecule has 0 unspecified atom stereocenters. The van der Waals surface area contributed by atoms with Gasteiger partial charge in [0.1, 0.15) is 5.82 Å². The summed E-state index contributed by atoms with van der Waals surface area (Å²) in [5.41, 5.74) is 5.54. The molecule has 0 saturated carbocycles. The number of carboxylic acid groups (broad SMARTS) is 1. The zero-order valence-corrected chi connectivity index (χ0v) is 10.2. The van der Waals surface area contributed by atoms with Crippen LogP contribution in [0.4, 0.5) is 10.1 Å². The minimum Gasteiger partial charge on any atom is -0.478 e. The van der Waals surface area contributed by atoms with Crippen molar-refractivity contribution in [3.8, 4) is 0 Å². The summed E-state index contributed by atoms with van der Waals surface area (Å²) in [6, 6.07) is 2.31. The molecule has 0 aliphatic rings. The molecule has 0 bridgehead atoms. The van der Waals surface area contributed by atoms with E-state index in [9.17, 15) is 9.18 Å². The van der Waals surface area contributed by atoms with Crippen LogP contribution in [0.2, 0.25) is 0 Å². The molecule has 1 rings (SSSR count). The van der Waals surface area contributed by atoms with Gasteiger partial charge in [0.05, 0.1) is 5.56 Å². The fourth-order valence-electron chi connectivity index (χ4n) is 1.25. The molecule has 6 heteroatoms. The van der Waals surface area contributed by atoms with Crippen molar-refractivity contribution in [2.24, 2.45) is 0 Å². The summed E-state index contributed by atoms with van der Waals surface area (Å²) in [4.78, 5) is 11.2. The summed E-state index contributed by atoms with van der Waals surface area (Å²) in [5.74, 6) is -1.34. The lowest BCUT2D eigenvalue weighted by molar-refractivity contribution is 0.0692. The first-order chi connectivity index (χ1) is 8.06. The second kappa shape index (κ2) is 6.46. The lowest BCUT2D eigenvalue weighted by Crippen LogP contribution is -2.03. The van der Waals surface area contributed by atoms with Crippen LogP contribution in [0, 0.1) is 5.82 Å². The van der Waals surface area contributed by atoms with Crippen LogP contribution in [-0.2, 0) is 4.74 Å². The molecule has 0 atom stereocenters. The van der Waals surface area contributed by atoms with E-state index in [0.717, 1.165) is 24.3 Å². The van der Waals surface area contributed by atoms with Crippen LogP contribution < -0.4 is 5.73 Å². The van der Waals surface area contributed by atoms with Gasteiger partial charge in [-0.05, 0) is 18.6 Å². The predicted octanol–water partition coefficient (Wildman–Crippen LogP) is 2.23. The number of methoxy groups -OCH3 is 1. The van der Waals surface area contributed by atoms with Gasteiger partial charge in [0, 0.05) is 30.1 Å². The Kier molecular flexibility index (Phi) is 5.24. The molecule has 0 aliphatic carbocycles. The smallest absolute Gasteiger partial charge is 0.338 e. The largest absolute Gasteiger partial charge is 0.478 e. The van der Waals surface area contributed by atoms with Crippen LogP contribution >= 0.6 is 11.8 Å². The lowest BCUT2D eigenvalue weighted by atomic mass is 10.2. The Morgan fingerprint density at radius 2 is 2.29 bits per heavy atom. The molecule has 0 aliphatic heterocycles. The number of aromatic carboxylic acids is 1. The first-order valence-corrected chi connectivity index (χ1v) is 5.99. The number of nitrogen functional groups attached to an aromatic ring is 1. The van der Waals surface area contributed by atoms with Gasteiger partial charge in [0.2, 0.25) is 0 Å². The molecule has 94 valence electrons. The van der Waals surface area contributed by atoms with Gasteiger partial charge in [0.25, 0.3) is 0 Å². The Labute approximate surface area is 103 Å². The van der Waals surface area contributed by atoms with Crippen molar-refractivity contribution < 1.29 is 19.0 Å².